The minimum Gasteiger partial charge on any atom is -0.360 e. The predicted octanol–water partition coefficient (Wildman–Crippen LogP) is 0.794. The van der Waals surface area contributed by atoms with Gasteiger partial charge in [0, 0.05) is 0 Å². The minimum atomic E-state index is -0.981. The van der Waals surface area contributed by atoms with Crippen LogP contribution in [0.3, 0.4) is 0 Å². The molecule has 0 rings (SSSR count). The summed E-state index contributed by atoms with van der Waals surface area (Å²) in [6.45, 7) is 14.1. The van der Waals surface area contributed by atoms with E-state index in [0.717, 1.165) is 0 Å². The van der Waals surface area contributed by atoms with Gasteiger partial charge in [0.05, 0.1) is 0 Å². The van der Waals surface area contributed by atoms with Crippen molar-refractivity contribution in [3.63, 3.8) is 0 Å². The quantitative estimate of drug-likeness (QED) is 0.640. The standard InChI is InChI=1S/C6H19NSi2.H4Si/c1-8(2,3)7-9(4,5)6;/h7H,1-6H3;1H4. The fraction of sp³-hybridized carbons (Fsp3) is 1.00. The molecule has 0 bridgehead atoms. The smallest absolute Gasteiger partial charge is 0.109 e. The molecular weight excluding hydrogens is 170 g/mol. The normalized spacial score (nSPS) is 12.6. The Kier molecular flexibility index (Phi) is 5.08. The van der Waals surface area contributed by atoms with Gasteiger partial charge in [-0.15, -0.1) is 0 Å². The first kappa shape index (κ1) is 13.2. The monoisotopic (exact) mass is 193 g/mol. The maximum absolute atomic E-state index is 3.74. The molecule has 0 unspecified atom stereocenters. The van der Waals surface area contributed by atoms with E-state index in [1.54, 1.807) is 0 Å². The third-order valence-electron chi connectivity index (χ3n) is 0.750. The molecule has 0 aliphatic heterocycles. The van der Waals surface area contributed by atoms with Crippen LogP contribution in [0.4, 0.5) is 0 Å². The van der Waals surface area contributed by atoms with Crippen molar-refractivity contribution >= 4 is 27.4 Å². The maximum Gasteiger partial charge on any atom is 0.109 e. The van der Waals surface area contributed by atoms with E-state index in [1.807, 2.05) is 0 Å². The third kappa shape index (κ3) is 11.4. The Morgan fingerprint density at radius 3 is 0.900 bits per heavy atom. The zero-order chi connectivity index (χ0) is 7.71. The molecule has 0 fully saturated rings. The Morgan fingerprint density at radius 2 is 0.900 bits per heavy atom. The SMILES string of the molecule is C[Si](C)(C)N[Si](C)(C)C.[SiH4]. The third-order valence-corrected chi connectivity index (χ3v) is 6.75. The molecule has 0 aliphatic carbocycles. The zero-order valence-corrected chi connectivity index (χ0v) is 9.50. The largest absolute Gasteiger partial charge is 0.360 e. The van der Waals surface area contributed by atoms with Crippen LogP contribution in [0.5, 0.6) is 0 Å². The fourth-order valence-corrected chi connectivity index (χ4v) is 10.1. The molecule has 0 saturated heterocycles. The van der Waals surface area contributed by atoms with Crippen LogP contribution in [0.2, 0.25) is 39.3 Å². The van der Waals surface area contributed by atoms with Crippen LogP contribution in [-0.2, 0) is 0 Å². The van der Waals surface area contributed by atoms with Crippen LogP contribution in [0.1, 0.15) is 0 Å². The molecule has 0 spiro atoms. The van der Waals surface area contributed by atoms with Gasteiger partial charge in [0.25, 0.3) is 0 Å². The van der Waals surface area contributed by atoms with Crippen LogP contribution in [0.15, 0.2) is 0 Å². The Balaban J connectivity index is 0. The molecule has 0 amide bonds. The summed E-state index contributed by atoms with van der Waals surface area (Å²) < 4.78 is 3.74. The van der Waals surface area contributed by atoms with Gasteiger partial charge in [-0.25, -0.2) is 0 Å². The molecule has 0 heterocycles. The summed E-state index contributed by atoms with van der Waals surface area (Å²) >= 11 is 0. The van der Waals surface area contributed by atoms with Crippen molar-refractivity contribution in [2.45, 2.75) is 39.3 Å². The minimum absolute atomic E-state index is 0. The predicted molar refractivity (Wildman–Crippen MR) is 61.2 cm³/mol. The Bertz CT molecular complexity index is 78.1. The van der Waals surface area contributed by atoms with Gasteiger partial charge in [-0.3, -0.25) is 0 Å². The molecule has 0 aromatic heterocycles. The lowest BCUT2D eigenvalue weighted by Crippen LogP contribution is -2.55. The second kappa shape index (κ2) is 3.85. The molecule has 4 heteroatoms. The van der Waals surface area contributed by atoms with Gasteiger partial charge in [0.1, 0.15) is 16.5 Å². The molecular formula is C6H23NSi3. The fourth-order valence-electron chi connectivity index (χ4n) is 1.12. The van der Waals surface area contributed by atoms with Crippen molar-refractivity contribution in [3.05, 3.63) is 0 Å². The number of hydrogen-bond acceptors (Lipinski definition) is 1. The van der Waals surface area contributed by atoms with Gasteiger partial charge in [-0.1, -0.05) is 39.3 Å². The number of hydrogen-bond donors (Lipinski definition) is 1. The van der Waals surface area contributed by atoms with Crippen LogP contribution in [0, 0.1) is 0 Å². The van der Waals surface area contributed by atoms with Gasteiger partial charge in [0.15, 0.2) is 0 Å². The summed E-state index contributed by atoms with van der Waals surface area (Å²) in [7, 11) is -1.96. The summed E-state index contributed by atoms with van der Waals surface area (Å²) in [5.74, 6) is 0. The van der Waals surface area contributed by atoms with Gasteiger partial charge >= 0.3 is 0 Å². The van der Waals surface area contributed by atoms with Crippen molar-refractivity contribution in [1.82, 2.24) is 4.65 Å². The highest BCUT2D eigenvalue weighted by Gasteiger charge is 2.22. The van der Waals surface area contributed by atoms with Crippen molar-refractivity contribution < 1.29 is 0 Å². The highest BCUT2D eigenvalue weighted by Crippen LogP contribution is 2.02. The van der Waals surface area contributed by atoms with E-state index < -0.39 is 16.5 Å². The number of nitrogens with one attached hydrogen (secondary N) is 1. The van der Waals surface area contributed by atoms with Gasteiger partial charge in [-0.05, 0) is 11.0 Å². The van der Waals surface area contributed by atoms with E-state index in [9.17, 15) is 0 Å². The first-order chi connectivity index (χ1) is 3.71. The molecule has 0 aromatic rings. The Morgan fingerprint density at radius 1 is 0.700 bits per heavy atom. The lowest BCUT2D eigenvalue weighted by molar-refractivity contribution is 1.30. The van der Waals surface area contributed by atoms with Gasteiger partial charge in [0.2, 0.25) is 0 Å². The Labute approximate surface area is 71.8 Å². The molecule has 10 heavy (non-hydrogen) atoms. The lowest BCUT2D eigenvalue weighted by atomic mass is 11.8. The van der Waals surface area contributed by atoms with Crippen molar-refractivity contribution in [2.24, 2.45) is 0 Å². The van der Waals surface area contributed by atoms with E-state index in [0.29, 0.717) is 0 Å². The summed E-state index contributed by atoms with van der Waals surface area (Å²) in [5.41, 5.74) is 0. The van der Waals surface area contributed by atoms with Gasteiger partial charge < -0.3 is 4.65 Å². The van der Waals surface area contributed by atoms with E-state index in [2.05, 4.69) is 43.9 Å². The summed E-state index contributed by atoms with van der Waals surface area (Å²) in [4.78, 5) is 0. The second-order valence-electron chi connectivity index (χ2n) is 4.62. The molecule has 64 valence electrons. The highest BCUT2D eigenvalue weighted by molar-refractivity contribution is 6.90. The highest BCUT2D eigenvalue weighted by atomic mass is 28.4. The van der Waals surface area contributed by atoms with E-state index in [-0.39, 0.29) is 11.0 Å². The second-order valence-corrected chi connectivity index (χ2v) is 14.6. The van der Waals surface area contributed by atoms with Crippen LogP contribution in [0.25, 0.3) is 0 Å². The summed E-state index contributed by atoms with van der Waals surface area (Å²) in [6, 6.07) is 0. The molecule has 0 radical (unpaired) electrons. The summed E-state index contributed by atoms with van der Waals surface area (Å²) in [5, 5.41) is 0. The van der Waals surface area contributed by atoms with E-state index >= 15 is 0 Å². The molecule has 0 saturated carbocycles. The number of rotatable bonds is 2. The van der Waals surface area contributed by atoms with Crippen LogP contribution in [-0.4, -0.2) is 27.4 Å². The molecule has 1 nitrogen and oxygen atoms in total. The first-order valence-electron chi connectivity index (χ1n) is 3.50. The zero-order valence-electron chi connectivity index (χ0n) is 7.50. The topological polar surface area (TPSA) is 12.0 Å². The van der Waals surface area contributed by atoms with E-state index in [4.69, 9.17) is 0 Å². The average molecular weight is 194 g/mol. The summed E-state index contributed by atoms with van der Waals surface area (Å²) in [6.07, 6.45) is 0. The van der Waals surface area contributed by atoms with Crippen molar-refractivity contribution in [3.8, 4) is 0 Å². The molecule has 1 N–H and O–H groups in total. The maximum atomic E-state index is 3.74. The van der Waals surface area contributed by atoms with Crippen LogP contribution >= 0.6 is 0 Å². The van der Waals surface area contributed by atoms with Gasteiger partial charge in [-0.2, -0.15) is 0 Å². The molecule has 0 aliphatic rings. The average Bonchev–Trinajstić information content (AvgIpc) is 1.14. The van der Waals surface area contributed by atoms with Crippen LogP contribution < -0.4 is 4.65 Å². The first-order valence-corrected chi connectivity index (χ1v) is 10.5. The lowest BCUT2D eigenvalue weighted by Gasteiger charge is -2.28. The molecule has 0 aromatic carbocycles. The Hall–Kier alpha value is 0.611. The van der Waals surface area contributed by atoms with Crippen molar-refractivity contribution in [1.29, 1.82) is 0 Å². The molecule has 0 atom stereocenters. The van der Waals surface area contributed by atoms with E-state index in [1.165, 1.54) is 0 Å². The van der Waals surface area contributed by atoms with Crippen molar-refractivity contribution in [2.75, 3.05) is 0 Å².